The molecule has 1 atom stereocenters. The van der Waals surface area contributed by atoms with Crippen molar-refractivity contribution < 1.29 is 4.39 Å². The third-order valence-corrected chi connectivity index (χ3v) is 6.74. The van der Waals surface area contributed by atoms with Gasteiger partial charge >= 0.3 is 0 Å². The predicted octanol–water partition coefficient (Wildman–Crippen LogP) is 4.79. The van der Waals surface area contributed by atoms with Crippen LogP contribution >= 0.6 is 11.9 Å². The number of benzene rings is 1. The molecule has 1 aromatic heterocycles. The second-order valence-corrected chi connectivity index (χ2v) is 8.54. The smallest absolute Gasteiger partial charge is 0.123 e. The average Bonchev–Trinajstić information content (AvgIpc) is 3.13. The molecule has 0 bridgehead atoms. The Morgan fingerprint density at radius 3 is 2.76 bits per heavy atom. The summed E-state index contributed by atoms with van der Waals surface area (Å²) < 4.78 is 17.4. The van der Waals surface area contributed by atoms with Gasteiger partial charge in [0.1, 0.15) is 10.8 Å². The molecule has 7 heteroatoms. The molecule has 2 N–H and O–H groups in total. The van der Waals surface area contributed by atoms with Gasteiger partial charge in [-0.15, -0.1) is 6.58 Å². The molecule has 2 heterocycles. The molecule has 150 valence electrons. The molecule has 5 nitrogen and oxygen atoms in total. The van der Waals surface area contributed by atoms with Gasteiger partial charge < -0.3 is 10.7 Å². The van der Waals surface area contributed by atoms with Gasteiger partial charge in [0.05, 0.1) is 6.20 Å². The van der Waals surface area contributed by atoms with E-state index in [4.69, 9.17) is 5.41 Å². The number of aryl methyl sites for hydroxylation is 1. The van der Waals surface area contributed by atoms with E-state index >= 15 is 0 Å². The molecule has 4 rings (SSSR count). The molecule has 29 heavy (non-hydrogen) atoms. The van der Waals surface area contributed by atoms with Crippen LogP contribution in [0.15, 0.2) is 77.1 Å². The first kappa shape index (κ1) is 19.7. The Balaban J connectivity index is 1.57. The van der Waals surface area contributed by atoms with Crippen LogP contribution < -0.4 is 5.32 Å². The lowest BCUT2D eigenvalue weighted by Gasteiger charge is -2.45. The molecule has 0 radical (unpaired) electrons. The van der Waals surface area contributed by atoms with Crippen molar-refractivity contribution >= 4 is 23.8 Å². The fourth-order valence-corrected chi connectivity index (χ4v) is 4.97. The number of aromatic nitrogens is 2. The lowest BCUT2D eigenvalue weighted by molar-refractivity contribution is 0.277. The Morgan fingerprint density at radius 2 is 2.10 bits per heavy atom. The van der Waals surface area contributed by atoms with Gasteiger partial charge in [0.25, 0.3) is 0 Å². The number of fused-ring (bicyclic) bond motifs is 1. The minimum atomic E-state index is -0.261. The number of anilines is 1. The number of piperidine rings is 1. The van der Waals surface area contributed by atoms with Gasteiger partial charge in [-0.1, -0.05) is 11.6 Å². The van der Waals surface area contributed by atoms with Crippen LogP contribution in [0.4, 0.5) is 10.1 Å². The van der Waals surface area contributed by atoms with Gasteiger partial charge in [0.2, 0.25) is 0 Å². The fourth-order valence-electron chi connectivity index (χ4n) is 3.94. The van der Waals surface area contributed by atoms with Crippen LogP contribution in [0.5, 0.6) is 0 Å². The highest BCUT2D eigenvalue weighted by Gasteiger charge is 2.40. The normalized spacial score (nSPS) is 22.1. The quantitative estimate of drug-likeness (QED) is 0.409. The van der Waals surface area contributed by atoms with Crippen molar-refractivity contribution in [1.82, 2.24) is 14.1 Å². The Morgan fingerprint density at radius 1 is 1.31 bits per heavy atom. The molecule has 2 aromatic rings. The van der Waals surface area contributed by atoms with Crippen molar-refractivity contribution in [2.24, 2.45) is 12.5 Å². The van der Waals surface area contributed by atoms with Gasteiger partial charge in [-0.3, -0.25) is 4.68 Å². The van der Waals surface area contributed by atoms with Crippen molar-refractivity contribution in [1.29, 1.82) is 5.41 Å². The largest absolute Gasteiger partial charge is 0.355 e. The van der Waals surface area contributed by atoms with Crippen molar-refractivity contribution in [2.75, 3.05) is 18.4 Å². The minimum absolute atomic E-state index is 0.190. The first-order chi connectivity index (χ1) is 14.0. The lowest BCUT2D eigenvalue weighted by atomic mass is 9.69. The molecule has 1 aliphatic heterocycles. The van der Waals surface area contributed by atoms with Crippen molar-refractivity contribution in [3.63, 3.8) is 0 Å². The maximum atomic E-state index is 13.2. The van der Waals surface area contributed by atoms with Gasteiger partial charge in [0, 0.05) is 43.2 Å². The summed E-state index contributed by atoms with van der Waals surface area (Å²) in [6.45, 7) is 5.91. The van der Waals surface area contributed by atoms with Crippen molar-refractivity contribution in [3.8, 4) is 0 Å². The minimum Gasteiger partial charge on any atom is -0.355 e. The van der Waals surface area contributed by atoms with Gasteiger partial charge in [-0.2, -0.15) is 5.10 Å². The van der Waals surface area contributed by atoms with Gasteiger partial charge in [0.15, 0.2) is 0 Å². The summed E-state index contributed by atoms with van der Waals surface area (Å²) in [5.41, 5.74) is 3.78. The maximum absolute atomic E-state index is 13.2. The number of allylic oxidation sites excluding steroid dienone is 2. The SMILES string of the molecule is C=CC12CC(C=N)=C(Nc3ccc(F)cc3)C=C1CCN(Sc1ccnn1C)C2. The lowest BCUT2D eigenvalue weighted by Crippen LogP contribution is -2.42. The molecule has 2 aliphatic rings. The van der Waals surface area contributed by atoms with E-state index < -0.39 is 0 Å². The molecule has 1 unspecified atom stereocenters. The number of halogens is 1. The molecular formula is C22H24FN5S. The monoisotopic (exact) mass is 409 g/mol. The Bertz CT molecular complexity index is 991. The van der Waals surface area contributed by atoms with E-state index in [1.54, 1.807) is 24.1 Å². The Labute approximate surface area is 174 Å². The first-order valence-electron chi connectivity index (χ1n) is 9.55. The van der Waals surface area contributed by atoms with E-state index in [1.165, 1.54) is 23.9 Å². The molecule has 1 aromatic carbocycles. The van der Waals surface area contributed by atoms with Gasteiger partial charge in [-0.05, 0) is 66.8 Å². The molecule has 0 amide bonds. The summed E-state index contributed by atoms with van der Waals surface area (Å²) in [5.74, 6) is -0.261. The molecule has 1 fully saturated rings. The summed E-state index contributed by atoms with van der Waals surface area (Å²) in [6, 6.07) is 8.32. The van der Waals surface area contributed by atoms with Crippen LogP contribution in [0.2, 0.25) is 0 Å². The second-order valence-electron chi connectivity index (χ2n) is 7.42. The van der Waals surface area contributed by atoms with Crippen LogP contribution in [0.25, 0.3) is 0 Å². The number of rotatable bonds is 6. The average molecular weight is 410 g/mol. The number of nitrogens with one attached hydrogen (secondary N) is 2. The van der Waals surface area contributed by atoms with E-state index in [1.807, 2.05) is 30.1 Å². The molecular weight excluding hydrogens is 385 g/mol. The highest BCUT2D eigenvalue weighted by atomic mass is 32.2. The molecule has 1 aliphatic carbocycles. The summed E-state index contributed by atoms with van der Waals surface area (Å²) in [7, 11) is 1.95. The standard InChI is InChI=1S/C22H24FN5S/c1-3-22-13-16(14-24)20(26-19-6-4-18(23)5-7-19)12-17(22)9-11-28(15-22)29-21-8-10-25-27(21)2/h3-8,10,12,14,24,26H,1,9,11,13,15H2,2H3. The second kappa shape index (κ2) is 8.00. The Kier molecular flexibility index (Phi) is 5.43. The van der Waals surface area contributed by atoms with E-state index in [0.717, 1.165) is 47.9 Å². The highest BCUT2D eigenvalue weighted by Crippen LogP contribution is 2.47. The van der Waals surface area contributed by atoms with Gasteiger partial charge in [-0.25, -0.2) is 8.70 Å². The van der Waals surface area contributed by atoms with Crippen LogP contribution in [0, 0.1) is 16.6 Å². The summed E-state index contributed by atoms with van der Waals surface area (Å²) in [4.78, 5) is 0. The number of hydrogen-bond donors (Lipinski definition) is 2. The molecule has 0 spiro atoms. The van der Waals surface area contributed by atoms with Crippen LogP contribution in [0.1, 0.15) is 12.8 Å². The molecule has 1 saturated heterocycles. The summed E-state index contributed by atoms with van der Waals surface area (Å²) in [5, 5.41) is 16.7. The molecule has 0 saturated carbocycles. The van der Waals surface area contributed by atoms with E-state index in [-0.39, 0.29) is 11.2 Å². The predicted molar refractivity (Wildman–Crippen MR) is 116 cm³/mol. The number of nitrogens with zero attached hydrogens (tertiary/aromatic N) is 3. The fraction of sp³-hybridized carbons (Fsp3) is 0.273. The third-order valence-electron chi connectivity index (χ3n) is 5.59. The van der Waals surface area contributed by atoms with E-state index in [0.29, 0.717) is 0 Å². The Hall–Kier alpha value is -2.64. The van der Waals surface area contributed by atoms with Crippen molar-refractivity contribution in [3.05, 3.63) is 77.9 Å². The maximum Gasteiger partial charge on any atom is 0.123 e. The zero-order valence-electron chi connectivity index (χ0n) is 16.4. The summed E-state index contributed by atoms with van der Waals surface area (Å²) >= 11 is 1.72. The van der Waals surface area contributed by atoms with Crippen LogP contribution in [-0.4, -0.2) is 33.4 Å². The van der Waals surface area contributed by atoms with E-state index in [9.17, 15) is 4.39 Å². The van der Waals surface area contributed by atoms with Crippen LogP contribution in [0.3, 0.4) is 0 Å². The third kappa shape index (κ3) is 3.93. The van der Waals surface area contributed by atoms with Crippen LogP contribution in [-0.2, 0) is 7.05 Å². The summed E-state index contributed by atoms with van der Waals surface area (Å²) in [6.07, 6.45) is 9.06. The van der Waals surface area contributed by atoms with E-state index in [2.05, 4.69) is 27.4 Å². The number of hydrogen-bond acceptors (Lipinski definition) is 5. The highest BCUT2D eigenvalue weighted by molar-refractivity contribution is 7.97. The topological polar surface area (TPSA) is 56.9 Å². The first-order valence-corrected chi connectivity index (χ1v) is 10.3. The zero-order valence-corrected chi connectivity index (χ0v) is 17.2. The zero-order chi connectivity index (χ0) is 20.4. The van der Waals surface area contributed by atoms with Crippen molar-refractivity contribution in [2.45, 2.75) is 17.9 Å².